The molecule has 0 aliphatic heterocycles. The maximum atomic E-state index is 5.79. The smallest absolute Gasteiger partial charge is 0.0364 e. The zero-order chi connectivity index (χ0) is 14.2. The highest BCUT2D eigenvalue weighted by atomic mass is 15.1. The van der Waals surface area contributed by atoms with Gasteiger partial charge in [0.1, 0.15) is 0 Å². The third-order valence-corrected chi connectivity index (χ3v) is 4.39. The molecule has 2 aromatic carbocycles. The van der Waals surface area contributed by atoms with E-state index >= 15 is 0 Å². The monoisotopic (exact) mass is 266 g/mol. The van der Waals surface area contributed by atoms with Crippen molar-refractivity contribution in [1.29, 1.82) is 0 Å². The second kappa shape index (κ2) is 4.86. The van der Waals surface area contributed by atoms with Crippen LogP contribution in [0.15, 0.2) is 48.5 Å². The first-order valence-electron chi connectivity index (χ1n) is 7.23. The summed E-state index contributed by atoms with van der Waals surface area (Å²) in [6.45, 7) is 3.19. The van der Waals surface area contributed by atoms with Crippen molar-refractivity contribution < 1.29 is 0 Å². The van der Waals surface area contributed by atoms with Crippen molar-refractivity contribution in [3.63, 3.8) is 0 Å². The molecule has 0 bridgehead atoms. The Kier molecular flexibility index (Phi) is 3.17. The van der Waals surface area contributed by atoms with Crippen LogP contribution in [-0.2, 0) is 5.41 Å². The number of hydrogen-bond acceptors (Lipinski definition) is 2. The molecule has 1 fully saturated rings. The summed E-state index contributed by atoms with van der Waals surface area (Å²) >= 11 is 0. The molecule has 3 rings (SSSR count). The molecule has 0 spiro atoms. The molecule has 2 N–H and O–H groups in total. The van der Waals surface area contributed by atoms with Crippen LogP contribution in [0.5, 0.6) is 0 Å². The van der Waals surface area contributed by atoms with Crippen LogP contribution in [0.1, 0.15) is 24.0 Å². The molecule has 0 atom stereocenters. The van der Waals surface area contributed by atoms with Crippen LogP contribution in [0.3, 0.4) is 0 Å². The predicted molar refractivity (Wildman–Crippen MR) is 86.2 cm³/mol. The quantitative estimate of drug-likeness (QED) is 0.854. The molecule has 1 aliphatic rings. The zero-order valence-corrected chi connectivity index (χ0v) is 12.3. The van der Waals surface area contributed by atoms with Crippen LogP contribution in [0, 0.1) is 6.92 Å². The molecule has 1 aliphatic carbocycles. The fourth-order valence-corrected chi connectivity index (χ4v) is 2.87. The molecule has 0 amide bonds. The fourth-order valence-electron chi connectivity index (χ4n) is 2.87. The molecule has 0 radical (unpaired) electrons. The lowest BCUT2D eigenvalue weighted by Crippen LogP contribution is -2.29. The molecule has 20 heavy (non-hydrogen) atoms. The van der Waals surface area contributed by atoms with Gasteiger partial charge in [0.2, 0.25) is 0 Å². The largest absolute Gasteiger partial charge is 0.399 e. The number of aryl methyl sites for hydroxylation is 1. The Morgan fingerprint density at radius 2 is 1.60 bits per heavy atom. The molecule has 0 saturated heterocycles. The van der Waals surface area contributed by atoms with Crippen molar-refractivity contribution in [2.75, 3.05) is 24.2 Å². The Balaban J connectivity index is 1.76. The first kappa shape index (κ1) is 13.0. The van der Waals surface area contributed by atoms with Gasteiger partial charge in [0.25, 0.3) is 0 Å². The number of rotatable bonds is 4. The summed E-state index contributed by atoms with van der Waals surface area (Å²) in [4.78, 5) is 2.36. The Hall–Kier alpha value is -1.96. The van der Waals surface area contributed by atoms with Gasteiger partial charge in [-0.3, -0.25) is 0 Å². The summed E-state index contributed by atoms with van der Waals surface area (Å²) in [7, 11) is 2.18. The first-order chi connectivity index (χ1) is 9.59. The number of hydrogen-bond donors (Lipinski definition) is 1. The van der Waals surface area contributed by atoms with Crippen molar-refractivity contribution in [2.45, 2.75) is 25.2 Å². The molecule has 0 unspecified atom stereocenters. The third kappa shape index (κ3) is 2.51. The number of nitrogens with zero attached hydrogens (tertiary/aromatic N) is 1. The Bertz CT molecular complexity index is 580. The van der Waals surface area contributed by atoms with Gasteiger partial charge in [-0.15, -0.1) is 0 Å². The average Bonchev–Trinajstić information content (AvgIpc) is 3.21. The van der Waals surface area contributed by atoms with E-state index in [0.717, 1.165) is 12.2 Å². The van der Waals surface area contributed by atoms with Gasteiger partial charge in [-0.05, 0) is 49.6 Å². The lowest BCUT2D eigenvalue weighted by molar-refractivity contribution is 0.673. The van der Waals surface area contributed by atoms with E-state index in [-0.39, 0.29) is 0 Å². The molecule has 2 nitrogen and oxygen atoms in total. The van der Waals surface area contributed by atoms with Crippen molar-refractivity contribution >= 4 is 11.4 Å². The molecular weight excluding hydrogens is 244 g/mol. The summed E-state index contributed by atoms with van der Waals surface area (Å²) < 4.78 is 0. The summed E-state index contributed by atoms with van der Waals surface area (Å²) in [5.41, 5.74) is 11.0. The minimum Gasteiger partial charge on any atom is -0.399 e. The third-order valence-electron chi connectivity index (χ3n) is 4.39. The van der Waals surface area contributed by atoms with Crippen LogP contribution in [-0.4, -0.2) is 13.6 Å². The van der Waals surface area contributed by atoms with E-state index in [4.69, 9.17) is 5.73 Å². The lowest BCUT2D eigenvalue weighted by atomic mass is 9.95. The van der Waals surface area contributed by atoms with E-state index < -0.39 is 0 Å². The normalized spacial score (nSPS) is 15.9. The highest BCUT2D eigenvalue weighted by Crippen LogP contribution is 2.49. The summed E-state index contributed by atoms with van der Waals surface area (Å²) in [6.07, 6.45) is 2.54. The molecule has 1 saturated carbocycles. The number of benzene rings is 2. The molecule has 2 aromatic rings. The second-order valence-corrected chi connectivity index (χ2v) is 6.09. The summed E-state index contributed by atoms with van der Waals surface area (Å²) in [5, 5.41) is 0. The number of nitrogens with two attached hydrogens (primary N) is 1. The van der Waals surface area contributed by atoms with Crippen LogP contribution in [0.2, 0.25) is 0 Å². The van der Waals surface area contributed by atoms with Crippen molar-refractivity contribution in [3.05, 3.63) is 59.7 Å². The first-order valence-corrected chi connectivity index (χ1v) is 7.23. The average molecular weight is 266 g/mol. The van der Waals surface area contributed by atoms with Gasteiger partial charge in [-0.25, -0.2) is 0 Å². The molecule has 104 valence electrons. The van der Waals surface area contributed by atoms with Crippen LogP contribution < -0.4 is 10.6 Å². The van der Waals surface area contributed by atoms with E-state index in [1.54, 1.807) is 0 Å². The van der Waals surface area contributed by atoms with Gasteiger partial charge in [-0.2, -0.15) is 0 Å². The molecule has 0 heterocycles. The molecule has 0 aromatic heterocycles. The van der Waals surface area contributed by atoms with Gasteiger partial charge in [0, 0.05) is 30.4 Å². The molecular formula is C18H22N2. The maximum Gasteiger partial charge on any atom is 0.0364 e. The summed E-state index contributed by atoms with van der Waals surface area (Å²) in [5.74, 6) is 0. The van der Waals surface area contributed by atoms with Gasteiger partial charge >= 0.3 is 0 Å². The van der Waals surface area contributed by atoms with E-state index in [2.05, 4.69) is 55.3 Å². The highest BCUT2D eigenvalue weighted by Gasteiger charge is 2.44. The SMILES string of the molecule is Cc1ccc(N(C)CC2(c3ccc(N)cc3)CC2)cc1. The number of nitrogen functional groups attached to an aromatic ring is 1. The van der Waals surface area contributed by atoms with Crippen LogP contribution in [0.4, 0.5) is 11.4 Å². The van der Waals surface area contributed by atoms with Crippen molar-refractivity contribution in [2.24, 2.45) is 0 Å². The van der Waals surface area contributed by atoms with Gasteiger partial charge in [0.15, 0.2) is 0 Å². The van der Waals surface area contributed by atoms with Gasteiger partial charge < -0.3 is 10.6 Å². The standard InChI is InChI=1S/C18H22N2/c1-14-3-9-17(10-4-14)20(2)13-18(11-12-18)15-5-7-16(19)8-6-15/h3-10H,11-13,19H2,1-2H3. The number of likely N-dealkylation sites (N-methyl/N-ethyl adjacent to an activating group) is 1. The van der Waals surface area contributed by atoms with Crippen molar-refractivity contribution in [3.8, 4) is 0 Å². The van der Waals surface area contributed by atoms with Crippen LogP contribution in [0.25, 0.3) is 0 Å². The molecule has 2 heteroatoms. The lowest BCUT2D eigenvalue weighted by Gasteiger charge is -2.26. The van der Waals surface area contributed by atoms with Crippen LogP contribution >= 0.6 is 0 Å². The Morgan fingerprint density at radius 3 is 2.15 bits per heavy atom. The highest BCUT2D eigenvalue weighted by molar-refractivity contribution is 5.50. The minimum atomic E-state index is 0.327. The van der Waals surface area contributed by atoms with Gasteiger partial charge in [0.05, 0.1) is 0 Å². The van der Waals surface area contributed by atoms with E-state index in [1.807, 2.05) is 12.1 Å². The topological polar surface area (TPSA) is 29.3 Å². The van der Waals surface area contributed by atoms with E-state index in [1.165, 1.54) is 29.7 Å². The van der Waals surface area contributed by atoms with E-state index in [9.17, 15) is 0 Å². The predicted octanol–water partition coefficient (Wildman–Crippen LogP) is 3.75. The minimum absolute atomic E-state index is 0.327. The summed E-state index contributed by atoms with van der Waals surface area (Å²) in [6, 6.07) is 17.2. The Morgan fingerprint density at radius 1 is 1.00 bits per heavy atom. The second-order valence-electron chi connectivity index (χ2n) is 6.09. The van der Waals surface area contributed by atoms with Gasteiger partial charge in [-0.1, -0.05) is 29.8 Å². The number of anilines is 2. The van der Waals surface area contributed by atoms with Crippen molar-refractivity contribution in [1.82, 2.24) is 0 Å². The Labute approximate surface area is 121 Å². The van der Waals surface area contributed by atoms with E-state index in [0.29, 0.717) is 5.41 Å². The maximum absolute atomic E-state index is 5.79. The fraction of sp³-hybridized carbons (Fsp3) is 0.333. The zero-order valence-electron chi connectivity index (χ0n) is 12.3.